The van der Waals surface area contributed by atoms with E-state index in [0.717, 1.165) is 0 Å². The molecule has 1 nitrogen and oxygen atoms in total. The molecule has 0 radical (unpaired) electrons. The molecule has 0 amide bonds. The van der Waals surface area contributed by atoms with Crippen LogP contribution in [0.1, 0.15) is 5.56 Å². The Balaban J connectivity index is 3.25. The van der Waals surface area contributed by atoms with Crippen molar-refractivity contribution in [2.45, 2.75) is 5.33 Å². The maximum absolute atomic E-state index is 13.3. The predicted molar refractivity (Wildman–Crippen MR) is 53.3 cm³/mol. The van der Waals surface area contributed by atoms with Crippen LogP contribution in [0.15, 0.2) is 16.6 Å². The number of benzene rings is 1. The van der Waals surface area contributed by atoms with Crippen LogP contribution in [0.25, 0.3) is 0 Å². The number of rotatable bonds is 2. The third kappa shape index (κ3) is 1.80. The molecule has 0 saturated carbocycles. The molecular formula is C8H7Br2FO. The van der Waals surface area contributed by atoms with Crippen LogP contribution in [0.3, 0.4) is 0 Å². The highest BCUT2D eigenvalue weighted by Gasteiger charge is 2.10. The minimum absolute atomic E-state index is 0.272. The second kappa shape index (κ2) is 4.23. The highest BCUT2D eigenvalue weighted by atomic mass is 79.9. The van der Waals surface area contributed by atoms with Gasteiger partial charge in [0.2, 0.25) is 0 Å². The third-order valence-electron chi connectivity index (χ3n) is 1.51. The zero-order valence-corrected chi connectivity index (χ0v) is 9.58. The average Bonchev–Trinajstić information content (AvgIpc) is 2.09. The fourth-order valence-electron chi connectivity index (χ4n) is 0.891. The second-order valence-electron chi connectivity index (χ2n) is 2.18. The minimum atomic E-state index is -0.272. The molecule has 0 spiro atoms. The summed E-state index contributed by atoms with van der Waals surface area (Å²) in [4.78, 5) is 0. The predicted octanol–water partition coefficient (Wildman–Crippen LogP) is 3.49. The summed E-state index contributed by atoms with van der Waals surface area (Å²) in [6, 6.07) is 3.35. The summed E-state index contributed by atoms with van der Waals surface area (Å²) in [5.74, 6) is 0.291. The molecule has 0 aliphatic heterocycles. The van der Waals surface area contributed by atoms with Gasteiger partial charge >= 0.3 is 0 Å². The maximum atomic E-state index is 13.3. The second-order valence-corrected chi connectivity index (χ2v) is 3.59. The van der Waals surface area contributed by atoms with Gasteiger partial charge in [0, 0.05) is 10.9 Å². The van der Waals surface area contributed by atoms with Gasteiger partial charge in [-0.15, -0.1) is 0 Å². The molecule has 0 saturated heterocycles. The standard InChI is InChI=1S/C8H7Br2FO/c1-12-7-3-2-6(10)8(11)5(7)4-9/h2-3H,4H2,1H3. The number of hydrogen-bond acceptors (Lipinski definition) is 1. The van der Waals surface area contributed by atoms with E-state index in [1.165, 1.54) is 7.11 Å². The third-order valence-corrected chi connectivity index (χ3v) is 2.68. The van der Waals surface area contributed by atoms with Gasteiger partial charge in [0.15, 0.2) is 0 Å². The number of ether oxygens (including phenoxy) is 1. The molecule has 0 atom stereocenters. The van der Waals surface area contributed by atoms with Crippen LogP contribution in [0.2, 0.25) is 0 Å². The fourth-order valence-corrected chi connectivity index (χ4v) is 1.78. The number of hydrogen-bond donors (Lipinski definition) is 0. The molecular weight excluding hydrogens is 291 g/mol. The van der Waals surface area contributed by atoms with Crippen molar-refractivity contribution in [2.75, 3.05) is 7.11 Å². The van der Waals surface area contributed by atoms with Gasteiger partial charge in [-0.3, -0.25) is 0 Å². The molecule has 0 unspecified atom stereocenters. The van der Waals surface area contributed by atoms with E-state index in [4.69, 9.17) is 4.74 Å². The number of halogens is 3. The Morgan fingerprint density at radius 1 is 1.50 bits per heavy atom. The first kappa shape index (κ1) is 9.99. The van der Waals surface area contributed by atoms with Crippen molar-refractivity contribution < 1.29 is 9.13 Å². The van der Waals surface area contributed by atoms with Crippen molar-refractivity contribution >= 4 is 31.9 Å². The van der Waals surface area contributed by atoms with E-state index in [2.05, 4.69) is 31.9 Å². The largest absolute Gasteiger partial charge is 0.496 e. The lowest BCUT2D eigenvalue weighted by Crippen LogP contribution is -1.93. The van der Waals surface area contributed by atoms with Gasteiger partial charge in [-0.05, 0) is 28.1 Å². The van der Waals surface area contributed by atoms with Gasteiger partial charge < -0.3 is 4.74 Å². The van der Waals surface area contributed by atoms with Crippen molar-refractivity contribution in [3.05, 3.63) is 28.0 Å². The summed E-state index contributed by atoms with van der Waals surface area (Å²) in [7, 11) is 1.52. The van der Waals surface area contributed by atoms with E-state index in [-0.39, 0.29) is 5.82 Å². The Kier molecular flexibility index (Phi) is 3.53. The van der Waals surface area contributed by atoms with Gasteiger partial charge in [-0.25, -0.2) is 4.39 Å². The number of alkyl halides is 1. The van der Waals surface area contributed by atoms with Crippen molar-refractivity contribution in [1.29, 1.82) is 0 Å². The highest BCUT2D eigenvalue weighted by Crippen LogP contribution is 2.28. The first-order valence-electron chi connectivity index (χ1n) is 3.27. The lowest BCUT2D eigenvalue weighted by atomic mass is 10.2. The van der Waals surface area contributed by atoms with E-state index < -0.39 is 0 Å². The van der Waals surface area contributed by atoms with Gasteiger partial charge in [0.25, 0.3) is 0 Å². The van der Waals surface area contributed by atoms with Crippen LogP contribution in [0, 0.1) is 5.82 Å². The van der Waals surface area contributed by atoms with Crippen molar-refractivity contribution in [1.82, 2.24) is 0 Å². The van der Waals surface area contributed by atoms with Gasteiger partial charge in [0.1, 0.15) is 11.6 Å². The van der Waals surface area contributed by atoms with Crippen LogP contribution >= 0.6 is 31.9 Å². The van der Waals surface area contributed by atoms with E-state index in [0.29, 0.717) is 21.1 Å². The van der Waals surface area contributed by atoms with Crippen LogP contribution in [-0.4, -0.2) is 7.11 Å². The van der Waals surface area contributed by atoms with Crippen molar-refractivity contribution in [2.24, 2.45) is 0 Å². The molecule has 0 fully saturated rings. The molecule has 0 N–H and O–H groups in total. The van der Waals surface area contributed by atoms with Gasteiger partial charge in [-0.1, -0.05) is 15.9 Å². The lowest BCUT2D eigenvalue weighted by molar-refractivity contribution is 0.406. The van der Waals surface area contributed by atoms with Crippen molar-refractivity contribution in [3.8, 4) is 5.75 Å². The summed E-state index contributed by atoms with van der Waals surface area (Å²) in [5, 5.41) is 0.446. The van der Waals surface area contributed by atoms with E-state index in [1.54, 1.807) is 12.1 Å². The average molecular weight is 298 g/mol. The smallest absolute Gasteiger partial charge is 0.145 e. The zero-order valence-electron chi connectivity index (χ0n) is 6.40. The molecule has 66 valence electrons. The minimum Gasteiger partial charge on any atom is -0.496 e. The van der Waals surface area contributed by atoms with Gasteiger partial charge in [0.05, 0.1) is 11.6 Å². The molecule has 0 aromatic heterocycles. The molecule has 0 aliphatic rings. The van der Waals surface area contributed by atoms with Crippen LogP contribution in [0.4, 0.5) is 4.39 Å². The normalized spacial score (nSPS) is 10.0. The summed E-state index contributed by atoms with van der Waals surface area (Å²) in [6.45, 7) is 0. The molecule has 0 bridgehead atoms. The molecule has 1 aromatic carbocycles. The Labute approximate surface area is 87.2 Å². The Hall–Kier alpha value is -0.0900. The Morgan fingerprint density at radius 3 is 2.67 bits per heavy atom. The van der Waals surface area contributed by atoms with E-state index in [9.17, 15) is 4.39 Å². The van der Waals surface area contributed by atoms with Crippen LogP contribution < -0.4 is 4.74 Å². The summed E-state index contributed by atoms with van der Waals surface area (Å²) < 4.78 is 18.7. The maximum Gasteiger partial charge on any atom is 0.145 e. The Morgan fingerprint density at radius 2 is 2.17 bits per heavy atom. The topological polar surface area (TPSA) is 9.23 Å². The molecule has 1 aromatic rings. The zero-order chi connectivity index (χ0) is 9.14. The molecule has 1 rings (SSSR count). The molecule has 0 aliphatic carbocycles. The van der Waals surface area contributed by atoms with E-state index >= 15 is 0 Å². The quantitative estimate of drug-likeness (QED) is 0.759. The molecule has 12 heavy (non-hydrogen) atoms. The highest BCUT2D eigenvalue weighted by molar-refractivity contribution is 9.10. The summed E-state index contributed by atoms with van der Waals surface area (Å²) in [5.41, 5.74) is 0.534. The van der Waals surface area contributed by atoms with E-state index in [1.807, 2.05) is 0 Å². The monoisotopic (exact) mass is 296 g/mol. The SMILES string of the molecule is COc1ccc(Br)c(F)c1CBr. The molecule has 4 heteroatoms. The summed E-state index contributed by atoms with van der Waals surface area (Å²) >= 11 is 6.29. The van der Waals surface area contributed by atoms with Crippen LogP contribution in [-0.2, 0) is 5.33 Å². The van der Waals surface area contributed by atoms with Crippen LogP contribution in [0.5, 0.6) is 5.75 Å². The summed E-state index contributed by atoms with van der Waals surface area (Å²) in [6.07, 6.45) is 0. The van der Waals surface area contributed by atoms with Gasteiger partial charge in [-0.2, -0.15) is 0 Å². The van der Waals surface area contributed by atoms with Crippen molar-refractivity contribution in [3.63, 3.8) is 0 Å². The first-order valence-corrected chi connectivity index (χ1v) is 5.19. The fraction of sp³-hybridized carbons (Fsp3) is 0.250. The Bertz CT molecular complexity index is 289. The lowest BCUT2D eigenvalue weighted by Gasteiger charge is -2.07. The molecule has 0 heterocycles. The number of methoxy groups -OCH3 is 1. The first-order chi connectivity index (χ1) is 5.70.